The normalized spacial score (nSPS) is 15.0. The number of thiazole rings is 1. The predicted molar refractivity (Wildman–Crippen MR) is 116 cm³/mol. The van der Waals surface area contributed by atoms with Crippen LogP contribution in [0.4, 0.5) is 0 Å². The van der Waals surface area contributed by atoms with Gasteiger partial charge in [-0.25, -0.2) is 9.97 Å². The van der Waals surface area contributed by atoms with Crippen LogP contribution in [-0.4, -0.2) is 51.0 Å². The fraction of sp³-hybridized carbons (Fsp3) is 0.182. The molecule has 0 bridgehead atoms. The number of fused-ring (bicyclic) bond motifs is 2. The van der Waals surface area contributed by atoms with E-state index in [0.29, 0.717) is 18.7 Å². The van der Waals surface area contributed by atoms with Gasteiger partial charge < -0.3 is 19.7 Å². The van der Waals surface area contributed by atoms with E-state index in [1.54, 1.807) is 30.3 Å². The van der Waals surface area contributed by atoms with E-state index in [0.717, 1.165) is 32.9 Å². The Balaban J connectivity index is 0.000000730. The van der Waals surface area contributed by atoms with Crippen LogP contribution < -0.4 is 4.74 Å². The number of carboxylic acid groups (broad SMARTS) is 1. The van der Waals surface area contributed by atoms with Crippen molar-refractivity contribution in [2.75, 3.05) is 13.7 Å². The molecule has 0 saturated carbocycles. The van der Waals surface area contributed by atoms with Crippen molar-refractivity contribution in [3.05, 3.63) is 76.8 Å². The van der Waals surface area contributed by atoms with Gasteiger partial charge in [-0.1, -0.05) is 12.1 Å². The van der Waals surface area contributed by atoms with Crippen molar-refractivity contribution in [1.29, 1.82) is 0 Å². The average molecular weight is 436 g/mol. The number of hydrogen-bond acceptors (Lipinski definition) is 6. The molecule has 1 unspecified atom stereocenters. The SMILES string of the molecule is COc1ccc(C2CN(C(=O)c3ccc4ncsc4c3)Cc3[nH]cnc32)cc1.O=CO. The number of benzene rings is 2. The van der Waals surface area contributed by atoms with E-state index >= 15 is 0 Å². The number of nitrogens with one attached hydrogen (secondary N) is 1. The van der Waals surface area contributed by atoms with Gasteiger partial charge >= 0.3 is 0 Å². The highest BCUT2D eigenvalue weighted by Crippen LogP contribution is 2.33. The third kappa shape index (κ3) is 4.13. The minimum atomic E-state index is -0.250. The van der Waals surface area contributed by atoms with E-state index in [1.807, 2.05) is 47.4 Å². The lowest BCUT2D eigenvalue weighted by Gasteiger charge is -2.32. The van der Waals surface area contributed by atoms with Crippen LogP contribution in [0.15, 0.2) is 54.3 Å². The number of amides is 1. The first kappa shape index (κ1) is 20.5. The summed E-state index contributed by atoms with van der Waals surface area (Å²) >= 11 is 1.55. The topological polar surface area (TPSA) is 108 Å². The molecule has 4 aromatic rings. The van der Waals surface area contributed by atoms with Crippen LogP contribution in [0.3, 0.4) is 0 Å². The lowest BCUT2D eigenvalue weighted by Crippen LogP contribution is -2.38. The molecule has 1 atom stereocenters. The molecule has 1 aliphatic heterocycles. The van der Waals surface area contributed by atoms with E-state index in [1.165, 1.54) is 0 Å². The van der Waals surface area contributed by atoms with Crippen molar-refractivity contribution in [2.24, 2.45) is 0 Å². The number of methoxy groups -OCH3 is 1. The van der Waals surface area contributed by atoms with E-state index in [9.17, 15) is 4.79 Å². The van der Waals surface area contributed by atoms with Gasteiger partial charge in [-0.15, -0.1) is 11.3 Å². The molecule has 0 aliphatic carbocycles. The van der Waals surface area contributed by atoms with Crippen LogP contribution in [0.1, 0.15) is 33.2 Å². The zero-order chi connectivity index (χ0) is 21.8. The Morgan fingerprint density at radius 3 is 2.77 bits per heavy atom. The van der Waals surface area contributed by atoms with Gasteiger partial charge in [0.2, 0.25) is 0 Å². The summed E-state index contributed by atoms with van der Waals surface area (Å²) in [5.41, 5.74) is 6.52. The predicted octanol–water partition coefficient (Wildman–Crippen LogP) is 3.52. The van der Waals surface area contributed by atoms with Gasteiger partial charge in [0, 0.05) is 18.0 Å². The number of hydrogen-bond donors (Lipinski definition) is 2. The molecule has 8 nitrogen and oxygen atoms in total. The van der Waals surface area contributed by atoms with Crippen LogP contribution in [0.2, 0.25) is 0 Å². The molecule has 3 heterocycles. The maximum absolute atomic E-state index is 13.2. The molecule has 1 aliphatic rings. The maximum Gasteiger partial charge on any atom is 0.290 e. The van der Waals surface area contributed by atoms with Crippen LogP contribution >= 0.6 is 11.3 Å². The molecule has 2 N–H and O–H groups in total. The Bertz CT molecular complexity index is 1200. The summed E-state index contributed by atoms with van der Waals surface area (Å²) in [6.45, 7) is 0.866. The van der Waals surface area contributed by atoms with Crippen molar-refractivity contribution in [3.8, 4) is 5.75 Å². The van der Waals surface area contributed by atoms with Gasteiger partial charge in [0.25, 0.3) is 12.4 Å². The largest absolute Gasteiger partial charge is 0.497 e. The van der Waals surface area contributed by atoms with Gasteiger partial charge in [-0.05, 0) is 35.9 Å². The Morgan fingerprint density at radius 2 is 2.03 bits per heavy atom. The standard InChI is InChI=1S/C21H18N4O2S.CH2O2/c1-27-15-5-2-13(3-6-15)16-9-25(10-18-20(16)23-11-22-18)21(26)14-4-7-17-19(8-14)28-12-24-17;2-1-3/h2-8,11-12,16H,9-10H2,1H3,(H,22,23);1H,(H,2,3). The quantitative estimate of drug-likeness (QED) is 0.476. The lowest BCUT2D eigenvalue weighted by molar-refractivity contribution is -0.122. The molecule has 9 heteroatoms. The third-order valence-electron chi connectivity index (χ3n) is 5.22. The zero-order valence-corrected chi connectivity index (χ0v) is 17.5. The number of carbonyl (C=O) groups is 2. The first-order valence-corrected chi connectivity index (χ1v) is 10.4. The van der Waals surface area contributed by atoms with Crippen molar-refractivity contribution in [1.82, 2.24) is 19.9 Å². The Morgan fingerprint density at radius 1 is 1.26 bits per heavy atom. The van der Waals surface area contributed by atoms with E-state index < -0.39 is 0 Å². The smallest absolute Gasteiger partial charge is 0.290 e. The molecular formula is C22H20N4O4S. The van der Waals surface area contributed by atoms with Crippen molar-refractivity contribution in [2.45, 2.75) is 12.5 Å². The molecule has 158 valence electrons. The lowest BCUT2D eigenvalue weighted by atomic mass is 9.90. The number of H-pyrrole nitrogens is 1. The maximum atomic E-state index is 13.2. The molecule has 1 amide bonds. The van der Waals surface area contributed by atoms with Crippen LogP contribution in [-0.2, 0) is 11.3 Å². The van der Waals surface area contributed by atoms with Gasteiger partial charge in [0.05, 0.1) is 47.1 Å². The second-order valence-corrected chi connectivity index (χ2v) is 7.80. The summed E-state index contributed by atoms with van der Waals surface area (Å²) in [5.74, 6) is 0.860. The summed E-state index contributed by atoms with van der Waals surface area (Å²) in [5, 5.41) is 6.89. The molecule has 0 saturated heterocycles. The zero-order valence-electron chi connectivity index (χ0n) is 16.7. The molecule has 2 aromatic carbocycles. The molecule has 31 heavy (non-hydrogen) atoms. The highest BCUT2D eigenvalue weighted by Gasteiger charge is 2.31. The second kappa shape index (κ2) is 8.97. The second-order valence-electron chi connectivity index (χ2n) is 6.92. The Kier molecular flexibility index (Phi) is 5.94. The summed E-state index contributed by atoms with van der Waals surface area (Å²) in [4.78, 5) is 35.5. The fourth-order valence-electron chi connectivity index (χ4n) is 3.75. The molecule has 0 radical (unpaired) electrons. The number of ether oxygens (including phenoxy) is 1. The Hall–Kier alpha value is -3.72. The highest BCUT2D eigenvalue weighted by molar-refractivity contribution is 7.16. The third-order valence-corrected chi connectivity index (χ3v) is 6.01. The van der Waals surface area contributed by atoms with E-state index in [-0.39, 0.29) is 18.3 Å². The first-order valence-electron chi connectivity index (χ1n) is 9.51. The summed E-state index contributed by atoms with van der Waals surface area (Å²) in [6.07, 6.45) is 1.71. The molecular weight excluding hydrogens is 416 g/mol. The monoisotopic (exact) mass is 436 g/mol. The van der Waals surface area contributed by atoms with Gasteiger partial charge in [0.1, 0.15) is 5.75 Å². The Labute approximate surface area is 182 Å². The van der Waals surface area contributed by atoms with Crippen molar-refractivity contribution >= 4 is 33.9 Å². The molecule has 2 aromatic heterocycles. The number of aromatic amines is 1. The minimum absolute atomic E-state index is 0.0223. The van der Waals surface area contributed by atoms with E-state index in [2.05, 4.69) is 15.0 Å². The highest BCUT2D eigenvalue weighted by atomic mass is 32.1. The first-order chi connectivity index (χ1) is 15.1. The number of imidazole rings is 1. The summed E-state index contributed by atoms with van der Waals surface area (Å²) in [7, 11) is 1.65. The summed E-state index contributed by atoms with van der Waals surface area (Å²) in [6, 6.07) is 13.7. The van der Waals surface area contributed by atoms with Crippen molar-refractivity contribution in [3.63, 3.8) is 0 Å². The number of carbonyl (C=O) groups excluding carboxylic acids is 1. The average Bonchev–Trinajstić information content (AvgIpc) is 3.47. The minimum Gasteiger partial charge on any atom is -0.497 e. The number of aromatic nitrogens is 3. The summed E-state index contributed by atoms with van der Waals surface area (Å²) < 4.78 is 6.29. The van der Waals surface area contributed by atoms with Gasteiger partial charge in [0.15, 0.2) is 0 Å². The van der Waals surface area contributed by atoms with Gasteiger partial charge in [-0.2, -0.15) is 0 Å². The fourth-order valence-corrected chi connectivity index (χ4v) is 4.46. The van der Waals surface area contributed by atoms with Crippen LogP contribution in [0.5, 0.6) is 5.75 Å². The van der Waals surface area contributed by atoms with Crippen LogP contribution in [0, 0.1) is 0 Å². The van der Waals surface area contributed by atoms with Crippen LogP contribution in [0.25, 0.3) is 10.2 Å². The molecule has 0 fully saturated rings. The molecule has 0 spiro atoms. The number of nitrogens with zero attached hydrogens (tertiary/aromatic N) is 3. The van der Waals surface area contributed by atoms with Gasteiger partial charge in [-0.3, -0.25) is 9.59 Å². The molecule has 5 rings (SSSR count). The van der Waals surface area contributed by atoms with Crippen molar-refractivity contribution < 1.29 is 19.4 Å². The number of rotatable bonds is 3. The van der Waals surface area contributed by atoms with E-state index in [4.69, 9.17) is 14.6 Å².